The Hall–Kier alpha value is -2.08. The van der Waals surface area contributed by atoms with E-state index in [1.54, 1.807) is 6.20 Å². The molecule has 0 aliphatic carbocycles. The van der Waals surface area contributed by atoms with E-state index >= 15 is 0 Å². The van der Waals surface area contributed by atoms with Gasteiger partial charge in [0.1, 0.15) is 5.75 Å². The first-order valence-electron chi connectivity index (χ1n) is 5.70. The lowest BCUT2D eigenvalue weighted by molar-refractivity contribution is 0.428. The van der Waals surface area contributed by atoms with Gasteiger partial charge in [0.15, 0.2) is 11.6 Å². The van der Waals surface area contributed by atoms with E-state index < -0.39 is 11.6 Å². The Kier molecular flexibility index (Phi) is 4.01. The van der Waals surface area contributed by atoms with Gasteiger partial charge in [-0.05, 0) is 26.1 Å². The van der Waals surface area contributed by atoms with Gasteiger partial charge in [-0.25, -0.2) is 13.8 Å². The molecule has 6 heteroatoms. The first-order valence-corrected chi connectivity index (χ1v) is 5.70. The molecule has 0 atom stereocenters. The molecule has 1 aromatic heterocycles. The summed E-state index contributed by atoms with van der Waals surface area (Å²) in [6.45, 7) is 2.48. The molecular weight excluding hydrogens is 252 g/mol. The average Bonchev–Trinajstić information content (AvgIpc) is 2.37. The van der Waals surface area contributed by atoms with Crippen LogP contribution in [0.2, 0.25) is 0 Å². The fourth-order valence-corrected chi connectivity index (χ4v) is 1.53. The predicted molar refractivity (Wildman–Crippen MR) is 66.0 cm³/mol. The van der Waals surface area contributed by atoms with Gasteiger partial charge in [0, 0.05) is 30.1 Å². The first kappa shape index (κ1) is 13.4. The molecule has 0 aliphatic rings. The largest absolute Gasteiger partial charge is 0.424 e. The smallest absolute Gasteiger partial charge is 0.322 e. The zero-order valence-corrected chi connectivity index (χ0v) is 10.6. The Labute approximate surface area is 109 Å². The molecule has 2 aromatic rings. The first-order chi connectivity index (χ1) is 9.10. The van der Waals surface area contributed by atoms with Crippen LogP contribution in [-0.2, 0) is 6.54 Å². The molecule has 100 valence electrons. The van der Waals surface area contributed by atoms with E-state index in [0.29, 0.717) is 6.54 Å². The van der Waals surface area contributed by atoms with Crippen molar-refractivity contribution in [3.63, 3.8) is 0 Å². The maximum absolute atomic E-state index is 13.0. The number of hydrogen-bond donors (Lipinski definition) is 1. The summed E-state index contributed by atoms with van der Waals surface area (Å²) in [5, 5.41) is 3.00. The van der Waals surface area contributed by atoms with Gasteiger partial charge in [-0.3, -0.25) is 0 Å². The zero-order valence-electron chi connectivity index (χ0n) is 10.6. The highest BCUT2D eigenvalue weighted by Crippen LogP contribution is 2.20. The van der Waals surface area contributed by atoms with Gasteiger partial charge in [0.25, 0.3) is 0 Å². The fraction of sp³-hybridized carbons (Fsp3) is 0.231. The van der Waals surface area contributed by atoms with Gasteiger partial charge in [-0.1, -0.05) is 0 Å². The van der Waals surface area contributed by atoms with Crippen molar-refractivity contribution >= 4 is 0 Å². The minimum atomic E-state index is -0.971. The van der Waals surface area contributed by atoms with Crippen LogP contribution in [-0.4, -0.2) is 17.0 Å². The van der Waals surface area contributed by atoms with Gasteiger partial charge in [-0.15, -0.1) is 0 Å². The number of hydrogen-bond acceptors (Lipinski definition) is 4. The van der Waals surface area contributed by atoms with Gasteiger partial charge >= 0.3 is 6.01 Å². The van der Waals surface area contributed by atoms with E-state index in [1.807, 2.05) is 14.0 Å². The molecule has 0 unspecified atom stereocenters. The van der Waals surface area contributed by atoms with Crippen molar-refractivity contribution in [2.24, 2.45) is 0 Å². The number of aromatic nitrogens is 2. The molecule has 0 saturated heterocycles. The number of rotatable bonds is 4. The summed E-state index contributed by atoms with van der Waals surface area (Å²) in [7, 11) is 1.82. The maximum atomic E-state index is 13.0. The summed E-state index contributed by atoms with van der Waals surface area (Å²) in [4.78, 5) is 8.17. The Morgan fingerprint density at radius 1 is 1.26 bits per heavy atom. The van der Waals surface area contributed by atoms with Gasteiger partial charge < -0.3 is 10.1 Å². The highest BCUT2D eigenvalue weighted by Gasteiger charge is 2.07. The molecule has 1 N–H and O–H groups in total. The molecule has 0 aliphatic heterocycles. The van der Waals surface area contributed by atoms with Crippen molar-refractivity contribution in [3.05, 3.63) is 47.3 Å². The highest BCUT2D eigenvalue weighted by molar-refractivity contribution is 5.27. The minimum Gasteiger partial charge on any atom is -0.424 e. The fourth-order valence-electron chi connectivity index (χ4n) is 1.53. The molecular formula is C13H13F2N3O. The summed E-state index contributed by atoms with van der Waals surface area (Å²) >= 11 is 0. The lowest BCUT2D eigenvalue weighted by Crippen LogP contribution is -2.08. The molecule has 0 spiro atoms. The number of nitrogens with one attached hydrogen (secondary N) is 1. The molecule has 0 bridgehead atoms. The van der Waals surface area contributed by atoms with Crippen LogP contribution >= 0.6 is 0 Å². The molecule has 0 fully saturated rings. The normalized spacial score (nSPS) is 10.5. The molecule has 2 rings (SSSR count). The van der Waals surface area contributed by atoms with E-state index in [9.17, 15) is 8.78 Å². The number of nitrogens with zero attached hydrogens (tertiary/aromatic N) is 2. The van der Waals surface area contributed by atoms with E-state index in [0.717, 1.165) is 23.4 Å². The molecule has 1 aromatic carbocycles. The Bertz CT molecular complexity index is 590. The second kappa shape index (κ2) is 5.71. The monoisotopic (exact) mass is 265 g/mol. The third-order valence-electron chi connectivity index (χ3n) is 2.53. The van der Waals surface area contributed by atoms with Crippen molar-refractivity contribution in [2.45, 2.75) is 13.5 Å². The van der Waals surface area contributed by atoms with Crippen LogP contribution in [0.25, 0.3) is 0 Å². The predicted octanol–water partition coefficient (Wildman–Crippen LogP) is 2.57. The summed E-state index contributed by atoms with van der Waals surface area (Å²) in [5.74, 6) is -1.74. The Balaban J connectivity index is 2.19. The van der Waals surface area contributed by atoms with Gasteiger partial charge in [0.2, 0.25) is 0 Å². The topological polar surface area (TPSA) is 47.0 Å². The van der Waals surface area contributed by atoms with Gasteiger partial charge in [-0.2, -0.15) is 4.98 Å². The molecule has 0 radical (unpaired) electrons. The number of halogens is 2. The third kappa shape index (κ3) is 3.23. The zero-order chi connectivity index (χ0) is 13.8. The van der Waals surface area contributed by atoms with Crippen LogP contribution < -0.4 is 10.1 Å². The second-order valence-corrected chi connectivity index (χ2v) is 3.97. The van der Waals surface area contributed by atoms with Crippen molar-refractivity contribution < 1.29 is 13.5 Å². The van der Waals surface area contributed by atoms with Crippen molar-refractivity contribution in [1.29, 1.82) is 0 Å². The summed E-state index contributed by atoms with van der Waals surface area (Å²) < 4.78 is 31.1. The molecule has 4 nitrogen and oxygen atoms in total. The average molecular weight is 265 g/mol. The summed E-state index contributed by atoms with van der Waals surface area (Å²) in [6, 6.07) is 3.37. The van der Waals surface area contributed by atoms with Gasteiger partial charge in [0.05, 0.1) is 0 Å². The second-order valence-electron chi connectivity index (χ2n) is 3.97. The Morgan fingerprint density at radius 3 is 2.68 bits per heavy atom. The van der Waals surface area contributed by atoms with Crippen molar-refractivity contribution in [3.8, 4) is 11.8 Å². The SMILES string of the molecule is CNCc1cnc(Oc2ccc(F)c(F)c2)nc1C. The van der Waals surface area contributed by atoms with E-state index in [-0.39, 0.29) is 11.8 Å². The quantitative estimate of drug-likeness (QED) is 0.923. The number of ether oxygens (including phenoxy) is 1. The lowest BCUT2D eigenvalue weighted by Gasteiger charge is -2.07. The van der Waals surface area contributed by atoms with E-state index in [2.05, 4.69) is 15.3 Å². The standard InChI is InChI=1S/C13H13F2N3O/c1-8-9(6-16-2)7-17-13(18-8)19-10-3-4-11(14)12(15)5-10/h3-5,7,16H,6H2,1-2H3. The van der Waals surface area contributed by atoms with Crippen LogP contribution in [0.5, 0.6) is 11.8 Å². The number of aryl methyl sites for hydroxylation is 1. The van der Waals surface area contributed by atoms with Crippen LogP contribution in [0.1, 0.15) is 11.3 Å². The molecule has 19 heavy (non-hydrogen) atoms. The van der Waals surface area contributed by atoms with Crippen LogP contribution in [0.4, 0.5) is 8.78 Å². The Morgan fingerprint density at radius 2 is 2.05 bits per heavy atom. The summed E-state index contributed by atoms with van der Waals surface area (Å²) in [6.07, 6.45) is 1.63. The third-order valence-corrected chi connectivity index (χ3v) is 2.53. The van der Waals surface area contributed by atoms with Crippen LogP contribution in [0.3, 0.4) is 0 Å². The van der Waals surface area contributed by atoms with Crippen molar-refractivity contribution in [1.82, 2.24) is 15.3 Å². The number of benzene rings is 1. The van der Waals surface area contributed by atoms with Crippen LogP contribution in [0, 0.1) is 18.6 Å². The summed E-state index contributed by atoms with van der Waals surface area (Å²) in [5.41, 5.74) is 1.71. The maximum Gasteiger partial charge on any atom is 0.322 e. The highest BCUT2D eigenvalue weighted by atomic mass is 19.2. The lowest BCUT2D eigenvalue weighted by atomic mass is 10.2. The van der Waals surface area contributed by atoms with E-state index in [4.69, 9.17) is 4.74 Å². The van der Waals surface area contributed by atoms with Crippen LogP contribution in [0.15, 0.2) is 24.4 Å². The molecule has 0 saturated carbocycles. The molecule has 1 heterocycles. The molecule has 0 amide bonds. The van der Waals surface area contributed by atoms with E-state index in [1.165, 1.54) is 6.07 Å². The minimum absolute atomic E-state index is 0.100. The van der Waals surface area contributed by atoms with Crippen molar-refractivity contribution in [2.75, 3.05) is 7.05 Å².